The van der Waals surface area contributed by atoms with Gasteiger partial charge in [0.1, 0.15) is 23.3 Å². The van der Waals surface area contributed by atoms with E-state index >= 15 is 0 Å². The molecule has 2 rings (SSSR count). The van der Waals surface area contributed by atoms with Crippen molar-refractivity contribution in [2.45, 2.75) is 51.8 Å². The third-order valence-corrected chi connectivity index (χ3v) is 3.95. The summed E-state index contributed by atoms with van der Waals surface area (Å²) in [6, 6.07) is 2.49. The Morgan fingerprint density at radius 2 is 2.00 bits per heavy atom. The predicted molar refractivity (Wildman–Crippen MR) is 89.9 cm³/mol. The number of esters is 1. The molecule has 0 radical (unpaired) electrons. The van der Waals surface area contributed by atoms with E-state index in [0.717, 1.165) is 12.1 Å². The SMILES string of the molecule is COC(=O)C1CCCN1N(Cc1ccc(F)cc1F)C(=O)OC(C)(C)C. The van der Waals surface area contributed by atoms with E-state index in [9.17, 15) is 18.4 Å². The zero-order valence-corrected chi connectivity index (χ0v) is 15.4. The van der Waals surface area contributed by atoms with Gasteiger partial charge in [0.2, 0.25) is 0 Å². The normalized spacial score (nSPS) is 17.8. The van der Waals surface area contributed by atoms with Crippen LogP contribution < -0.4 is 0 Å². The molecular weight excluding hydrogens is 346 g/mol. The van der Waals surface area contributed by atoms with Gasteiger partial charge in [0.25, 0.3) is 0 Å². The number of carbonyl (C=O) groups is 2. The van der Waals surface area contributed by atoms with E-state index in [0.29, 0.717) is 19.4 Å². The molecule has 1 aliphatic heterocycles. The van der Waals surface area contributed by atoms with Gasteiger partial charge in [-0.05, 0) is 39.7 Å². The summed E-state index contributed by atoms with van der Waals surface area (Å²) in [7, 11) is 1.27. The first-order valence-corrected chi connectivity index (χ1v) is 8.41. The Morgan fingerprint density at radius 1 is 1.31 bits per heavy atom. The summed E-state index contributed by atoms with van der Waals surface area (Å²) >= 11 is 0. The van der Waals surface area contributed by atoms with Crippen molar-refractivity contribution in [3.05, 3.63) is 35.4 Å². The molecule has 1 heterocycles. The van der Waals surface area contributed by atoms with E-state index in [-0.39, 0.29) is 12.1 Å². The Balaban J connectivity index is 2.32. The third kappa shape index (κ3) is 4.91. The number of rotatable bonds is 4. The standard InChI is InChI=1S/C18H24F2N2O4/c1-18(2,3)26-17(24)22(11-12-7-8-13(19)10-14(12)20)21-9-5-6-15(21)16(23)25-4/h7-8,10,15H,5-6,9,11H2,1-4H3. The number of hydrogen-bond acceptors (Lipinski definition) is 5. The van der Waals surface area contributed by atoms with Gasteiger partial charge in [0.05, 0.1) is 13.7 Å². The summed E-state index contributed by atoms with van der Waals surface area (Å²) in [5.74, 6) is -1.95. The van der Waals surface area contributed by atoms with E-state index in [1.165, 1.54) is 23.2 Å². The van der Waals surface area contributed by atoms with E-state index in [1.807, 2.05) is 0 Å². The molecule has 0 aromatic heterocycles. The van der Waals surface area contributed by atoms with Crippen molar-refractivity contribution in [2.24, 2.45) is 0 Å². The Morgan fingerprint density at radius 3 is 2.58 bits per heavy atom. The number of benzene rings is 1. The van der Waals surface area contributed by atoms with Crippen molar-refractivity contribution in [3.8, 4) is 0 Å². The zero-order chi connectivity index (χ0) is 19.5. The van der Waals surface area contributed by atoms with Crippen LogP contribution in [0.2, 0.25) is 0 Å². The zero-order valence-electron chi connectivity index (χ0n) is 15.4. The van der Waals surface area contributed by atoms with Crippen LogP contribution in [0.1, 0.15) is 39.2 Å². The molecule has 6 nitrogen and oxygen atoms in total. The van der Waals surface area contributed by atoms with Crippen LogP contribution in [0.15, 0.2) is 18.2 Å². The average Bonchev–Trinajstić information content (AvgIpc) is 3.00. The Bertz CT molecular complexity index is 676. The second-order valence-corrected chi connectivity index (χ2v) is 7.12. The highest BCUT2D eigenvalue weighted by Gasteiger charge is 2.39. The van der Waals surface area contributed by atoms with Crippen LogP contribution in [0, 0.1) is 11.6 Å². The number of carbonyl (C=O) groups excluding carboxylic acids is 2. The maximum absolute atomic E-state index is 14.1. The molecule has 1 amide bonds. The number of nitrogens with zero attached hydrogens (tertiary/aromatic N) is 2. The summed E-state index contributed by atoms with van der Waals surface area (Å²) < 4.78 is 37.5. The highest BCUT2D eigenvalue weighted by molar-refractivity contribution is 5.77. The first kappa shape index (κ1) is 20.1. The maximum Gasteiger partial charge on any atom is 0.425 e. The lowest BCUT2D eigenvalue weighted by Gasteiger charge is -2.36. The minimum atomic E-state index is -0.771. The lowest BCUT2D eigenvalue weighted by Crippen LogP contribution is -2.52. The van der Waals surface area contributed by atoms with Gasteiger partial charge in [0, 0.05) is 18.2 Å². The number of halogens is 2. The molecule has 1 aliphatic rings. The highest BCUT2D eigenvalue weighted by atomic mass is 19.1. The van der Waals surface area contributed by atoms with Crippen molar-refractivity contribution in [3.63, 3.8) is 0 Å². The van der Waals surface area contributed by atoms with E-state index in [2.05, 4.69) is 0 Å². The smallest absolute Gasteiger partial charge is 0.425 e. The summed E-state index contributed by atoms with van der Waals surface area (Å²) in [5, 5.41) is 2.72. The van der Waals surface area contributed by atoms with Gasteiger partial charge in [0.15, 0.2) is 0 Å². The summed E-state index contributed by atoms with van der Waals surface area (Å²) in [4.78, 5) is 24.7. The van der Waals surface area contributed by atoms with Gasteiger partial charge in [-0.1, -0.05) is 6.07 Å². The molecule has 0 saturated carbocycles. The van der Waals surface area contributed by atoms with Crippen LogP contribution in [-0.4, -0.2) is 47.4 Å². The molecule has 1 fully saturated rings. The van der Waals surface area contributed by atoms with Gasteiger partial charge >= 0.3 is 12.1 Å². The minimum Gasteiger partial charge on any atom is -0.468 e. The number of methoxy groups -OCH3 is 1. The van der Waals surface area contributed by atoms with E-state index in [4.69, 9.17) is 9.47 Å². The molecule has 0 spiro atoms. The molecule has 0 N–H and O–H groups in total. The third-order valence-electron chi connectivity index (χ3n) is 3.95. The average molecular weight is 370 g/mol. The largest absolute Gasteiger partial charge is 0.468 e. The predicted octanol–water partition coefficient (Wildman–Crippen LogP) is 3.25. The molecule has 144 valence electrons. The number of hydrogen-bond donors (Lipinski definition) is 0. The topological polar surface area (TPSA) is 59.1 Å². The highest BCUT2D eigenvalue weighted by Crippen LogP contribution is 2.25. The Hall–Kier alpha value is -2.22. The Labute approximate surface area is 151 Å². The summed E-state index contributed by atoms with van der Waals surface area (Å²) in [6.45, 7) is 5.37. The molecule has 1 unspecified atom stereocenters. The van der Waals surface area contributed by atoms with Crippen LogP contribution in [-0.2, 0) is 20.8 Å². The molecule has 1 aromatic rings. The van der Waals surface area contributed by atoms with Crippen molar-refractivity contribution >= 4 is 12.1 Å². The van der Waals surface area contributed by atoms with Crippen LogP contribution in [0.25, 0.3) is 0 Å². The Kier molecular flexibility index (Phi) is 6.17. The van der Waals surface area contributed by atoms with Crippen molar-refractivity contribution < 1.29 is 27.8 Å². The van der Waals surface area contributed by atoms with Crippen molar-refractivity contribution in [2.75, 3.05) is 13.7 Å². The van der Waals surface area contributed by atoms with Crippen LogP contribution in [0.3, 0.4) is 0 Å². The summed E-state index contributed by atoms with van der Waals surface area (Å²) in [5.41, 5.74) is -0.648. The van der Waals surface area contributed by atoms with Crippen LogP contribution >= 0.6 is 0 Å². The lowest BCUT2D eigenvalue weighted by molar-refractivity contribution is -0.153. The first-order chi connectivity index (χ1) is 12.1. The quantitative estimate of drug-likeness (QED) is 0.762. The molecular formula is C18H24F2N2O4. The summed E-state index contributed by atoms with van der Waals surface area (Å²) in [6.07, 6.45) is 0.472. The van der Waals surface area contributed by atoms with E-state index < -0.39 is 35.3 Å². The molecule has 0 aliphatic carbocycles. The monoisotopic (exact) mass is 370 g/mol. The fourth-order valence-corrected chi connectivity index (χ4v) is 2.80. The number of ether oxygens (including phenoxy) is 2. The second kappa shape index (κ2) is 7.99. The minimum absolute atomic E-state index is 0.118. The molecule has 26 heavy (non-hydrogen) atoms. The van der Waals surface area contributed by atoms with Crippen molar-refractivity contribution in [1.82, 2.24) is 10.0 Å². The lowest BCUT2D eigenvalue weighted by atomic mass is 10.2. The number of amides is 1. The van der Waals surface area contributed by atoms with Gasteiger partial charge in [-0.3, -0.25) is 4.79 Å². The number of hydrazine groups is 1. The van der Waals surface area contributed by atoms with Crippen LogP contribution in [0.4, 0.5) is 13.6 Å². The molecule has 1 saturated heterocycles. The maximum atomic E-state index is 14.1. The van der Waals surface area contributed by atoms with Gasteiger partial charge in [-0.15, -0.1) is 0 Å². The molecule has 8 heteroatoms. The van der Waals surface area contributed by atoms with Crippen molar-refractivity contribution in [1.29, 1.82) is 0 Å². The van der Waals surface area contributed by atoms with Crippen LogP contribution in [0.5, 0.6) is 0 Å². The molecule has 0 bridgehead atoms. The molecule has 1 aromatic carbocycles. The first-order valence-electron chi connectivity index (χ1n) is 8.41. The van der Waals surface area contributed by atoms with Gasteiger partial charge in [-0.2, -0.15) is 0 Å². The fraction of sp³-hybridized carbons (Fsp3) is 0.556. The molecule has 1 atom stereocenters. The second-order valence-electron chi connectivity index (χ2n) is 7.12. The van der Waals surface area contributed by atoms with Gasteiger partial charge in [-0.25, -0.2) is 23.6 Å². The van der Waals surface area contributed by atoms with Gasteiger partial charge < -0.3 is 9.47 Å². The van der Waals surface area contributed by atoms with E-state index in [1.54, 1.807) is 20.8 Å². The fourth-order valence-electron chi connectivity index (χ4n) is 2.80.